The molecular formula is C15H28N2O. The first-order chi connectivity index (χ1) is 8.55. The van der Waals surface area contributed by atoms with Gasteiger partial charge >= 0.3 is 0 Å². The lowest BCUT2D eigenvalue weighted by atomic mass is 9.92. The number of rotatable bonds is 5. The molecule has 1 atom stereocenters. The molecule has 1 N–H and O–H groups in total. The van der Waals surface area contributed by atoms with Crippen molar-refractivity contribution in [3.05, 3.63) is 0 Å². The Morgan fingerprint density at radius 2 is 1.78 bits per heavy atom. The highest BCUT2D eigenvalue weighted by Gasteiger charge is 2.45. The summed E-state index contributed by atoms with van der Waals surface area (Å²) in [4.78, 5) is 14.3. The minimum absolute atomic E-state index is 0.0145. The minimum atomic E-state index is -0.0145. The van der Waals surface area contributed by atoms with Crippen molar-refractivity contribution in [2.45, 2.75) is 58.9 Å². The average molecular weight is 252 g/mol. The van der Waals surface area contributed by atoms with E-state index in [0.717, 1.165) is 25.6 Å². The van der Waals surface area contributed by atoms with Crippen LogP contribution in [0.2, 0.25) is 0 Å². The number of piperidine rings is 1. The lowest BCUT2D eigenvalue weighted by Gasteiger charge is -2.30. The van der Waals surface area contributed by atoms with E-state index in [1.807, 2.05) is 11.8 Å². The highest BCUT2D eigenvalue weighted by molar-refractivity contribution is 5.81. The van der Waals surface area contributed by atoms with Crippen LogP contribution in [-0.2, 0) is 4.79 Å². The Morgan fingerprint density at radius 3 is 2.28 bits per heavy atom. The smallest absolute Gasteiger partial charge is 0.239 e. The average Bonchev–Trinajstić information content (AvgIpc) is 3.17. The molecular weight excluding hydrogens is 224 g/mol. The molecule has 3 heteroatoms. The van der Waals surface area contributed by atoms with Crippen molar-refractivity contribution < 1.29 is 4.79 Å². The van der Waals surface area contributed by atoms with Gasteiger partial charge in [-0.25, -0.2) is 0 Å². The van der Waals surface area contributed by atoms with Crippen molar-refractivity contribution in [3.8, 4) is 0 Å². The molecule has 1 aliphatic heterocycles. The van der Waals surface area contributed by atoms with E-state index in [2.05, 4.69) is 19.2 Å². The zero-order valence-corrected chi connectivity index (χ0v) is 12.2. The highest BCUT2D eigenvalue weighted by Crippen LogP contribution is 2.51. The van der Waals surface area contributed by atoms with Gasteiger partial charge in [0, 0.05) is 19.6 Å². The second-order valence-corrected chi connectivity index (χ2v) is 6.51. The predicted octanol–water partition coefficient (Wildman–Crippen LogP) is 2.41. The second-order valence-electron chi connectivity index (χ2n) is 6.51. The first-order valence-electron chi connectivity index (χ1n) is 7.57. The molecule has 0 aromatic carbocycles. The van der Waals surface area contributed by atoms with Crippen molar-refractivity contribution in [1.82, 2.24) is 10.2 Å². The Labute approximate surface area is 111 Å². The van der Waals surface area contributed by atoms with Crippen molar-refractivity contribution >= 4 is 5.91 Å². The molecule has 1 amide bonds. The third-order valence-electron chi connectivity index (χ3n) is 4.92. The van der Waals surface area contributed by atoms with Crippen LogP contribution in [0.5, 0.6) is 0 Å². The standard InChI is InChI=1S/C15H28N2O/c1-12(2)15(7-8-15)11-16-13(3)14(18)17-9-5-4-6-10-17/h12-13,16H,4-11H2,1-3H3. The van der Waals surface area contributed by atoms with Gasteiger partial charge in [0.1, 0.15) is 0 Å². The first-order valence-corrected chi connectivity index (χ1v) is 7.57. The Balaban J connectivity index is 1.77. The molecule has 0 aromatic rings. The summed E-state index contributed by atoms with van der Waals surface area (Å²) in [5.41, 5.74) is 0.483. The van der Waals surface area contributed by atoms with Crippen LogP contribution in [0.15, 0.2) is 0 Å². The van der Waals surface area contributed by atoms with Crippen LogP contribution in [0.4, 0.5) is 0 Å². The van der Waals surface area contributed by atoms with Gasteiger partial charge in [-0.15, -0.1) is 0 Å². The fourth-order valence-electron chi connectivity index (χ4n) is 2.95. The number of amides is 1. The number of nitrogens with zero attached hydrogens (tertiary/aromatic N) is 1. The van der Waals surface area contributed by atoms with Gasteiger partial charge in [0.2, 0.25) is 5.91 Å². The topological polar surface area (TPSA) is 32.3 Å². The van der Waals surface area contributed by atoms with Crippen molar-refractivity contribution in [2.75, 3.05) is 19.6 Å². The van der Waals surface area contributed by atoms with E-state index in [1.165, 1.54) is 32.1 Å². The van der Waals surface area contributed by atoms with Crippen LogP contribution >= 0.6 is 0 Å². The van der Waals surface area contributed by atoms with E-state index in [-0.39, 0.29) is 6.04 Å². The summed E-state index contributed by atoms with van der Waals surface area (Å²) in [6.45, 7) is 9.54. The molecule has 104 valence electrons. The maximum Gasteiger partial charge on any atom is 0.239 e. The molecule has 0 radical (unpaired) electrons. The summed E-state index contributed by atoms with van der Waals surface area (Å²) in [5.74, 6) is 1.02. The fourth-order valence-corrected chi connectivity index (χ4v) is 2.95. The van der Waals surface area contributed by atoms with E-state index >= 15 is 0 Å². The maximum atomic E-state index is 12.3. The van der Waals surface area contributed by atoms with Crippen LogP contribution < -0.4 is 5.32 Å². The third kappa shape index (κ3) is 3.05. The molecule has 1 saturated heterocycles. The van der Waals surface area contributed by atoms with Crippen LogP contribution in [0, 0.1) is 11.3 Å². The lowest BCUT2D eigenvalue weighted by Crippen LogP contribution is -2.48. The number of hydrogen-bond acceptors (Lipinski definition) is 2. The van der Waals surface area contributed by atoms with E-state index in [9.17, 15) is 4.79 Å². The van der Waals surface area contributed by atoms with Gasteiger partial charge in [-0.05, 0) is 50.4 Å². The molecule has 1 aliphatic carbocycles. The van der Waals surface area contributed by atoms with Crippen LogP contribution in [0.3, 0.4) is 0 Å². The van der Waals surface area contributed by atoms with Crippen molar-refractivity contribution in [2.24, 2.45) is 11.3 Å². The summed E-state index contributed by atoms with van der Waals surface area (Å²) in [5, 5.41) is 3.47. The minimum Gasteiger partial charge on any atom is -0.341 e. The van der Waals surface area contributed by atoms with Crippen molar-refractivity contribution in [3.63, 3.8) is 0 Å². The molecule has 2 fully saturated rings. The zero-order valence-electron chi connectivity index (χ0n) is 12.2. The Bertz CT molecular complexity index is 291. The summed E-state index contributed by atoms with van der Waals surface area (Å²) < 4.78 is 0. The Hall–Kier alpha value is -0.570. The monoisotopic (exact) mass is 252 g/mol. The summed E-state index contributed by atoms with van der Waals surface area (Å²) in [7, 11) is 0. The Kier molecular flexibility index (Phi) is 4.31. The second kappa shape index (κ2) is 5.60. The van der Waals surface area contributed by atoms with Crippen LogP contribution in [-0.4, -0.2) is 36.5 Å². The summed E-state index contributed by atoms with van der Waals surface area (Å²) >= 11 is 0. The Morgan fingerprint density at radius 1 is 1.17 bits per heavy atom. The van der Waals surface area contributed by atoms with Crippen LogP contribution in [0.25, 0.3) is 0 Å². The molecule has 0 spiro atoms. The molecule has 2 rings (SSSR count). The van der Waals surface area contributed by atoms with E-state index in [1.54, 1.807) is 0 Å². The van der Waals surface area contributed by atoms with Gasteiger partial charge in [0.25, 0.3) is 0 Å². The molecule has 1 saturated carbocycles. The molecule has 18 heavy (non-hydrogen) atoms. The molecule has 3 nitrogen and oxygen atoms in total. The number of carbonyl (C=O) groups is 1. The lowest BCUT2D eigenvalue weighted by molar-refractivity contribution is -0.134. The van der Waals surface area contributed by atoms with E-state index in [4.69, 9.17) is 0 Å². The van der Waals surface area contributed by atoms with E-state index < -0.39 is 0 Å². The molecule has 0 aromatic heterocycles. The maximum absolute atomic E-state index is 12.3. The van der Waals surface area contributed by atoms with Gasteiger partial charge in [-0.3, -0.25) is 4.79 Å². The van der Waals surface area contributed by atoms with Crippen molar-refractivity contribution in [1.29, 1.82) is 0 Å². The molecule has 2 aliphatic rings. The quantitative estimate of drug-likeness (QED) is 0.815. The van der Waals surface area contributed by atoms with Gasteiger partial charge < -0.3 is 10.2 Å². The van der Waals surface area contributed by atoms with Gasteiger partial charge in [0.15, 0.2) is 0 Å². The number of likely N-dealkylation sites (tertiary alicyclic amines) is 1. The van der Waals surface area contributed by atoms with Gasteiger partial charge in [-0.2, -0.15) is 0 Å². The number of nitrogens with one attached hydrogen (secondary N) is 1. The normalized spacial score (nSPS) is 24.1. The van der Waals surface area contributed by atoms with Crippen LogP contribution in [0.1, 0.15) is 52.9 Å². The third-order valence-corrected chi connectivity index (χ3v) is 4.92. The highest BCUT2D eigenvalue weighted by atomic mass is 16.2. The predicted molar refractivity (Wildman–Crippen MR) is 74.4 cm³/mol. The first kappa shape index (κ1) is 13.9. The fraction of sp³-hybridized carbons (Fsp3) is 0.933. The molecule has 0 bridgehead atoms. The summed E-state index contributed by atoms with van der Waals surface area (Å²) in [6, 6.07) is -0.0145. The zero-order chi connectivity index (χ0) is 13.2. The molecule has 1 unspecified atom stereocenters. The van der Waals surface area contributed by atoms with E-state index in [0.29, 0.717) is 11.3 Å². The van der Waals surface area contributed by atoms with Gasteiger partial charge in [-0.1, -0.05) is 13.8 Å². The summed E-state index contributed by atoms with van der Waals surface area (Å²) in [6.07, 6.45) is 6.27. The largest absolute Gasteiger partial charge is 0.341 e. The van der Waals surface area contributed by atoms with Gasteiger partial charge in [0.05, 0.1) is 6.04 Å². The number of carbonyl (C=O) groups excluding carboxylic acids is 1. The molecule has 1 heterocycles. The SMILES string of the molecule is CC(NCC1(C(C)C)CC1)C(=O)N1CCCCC1. The number of hydrogen-bond donors (Lipinski definition) is 1.